The molecule has 5 nitrogen and oxygen atoms in total. The first-order valence-electron chi connectivity index (χ1n) is 4.26. The molecule has 0 unspecified atom stereocenters. The quantitative estimate of drug-likeness (QED) is 0.802. The van der Waals surface area contributed by atoms with E-state index in [4.69, 9.17) is 15.6 Å². The Kier molecular flexibility index (Phi) is 5.51. The molecule has 1 heterocycles. The zero-order valence-corrected chi connectivity index (χ0v) is 8.48. The minimum absolute atomic E-state index is 0.185. The molecule has 1 rings (SSSR count). The SMILES string of the molecule is C[C@@H](N)Cn1cccn1.O=C(O)C(F)(F)F. The number of aliphatic carboxylic acids is 1. The summed E-state index contributed by atoms with van der Waals surface area (Å²) >= 11 is 0. The first-order chi connectivity index (χ1) is 7.23. The van der Waals surface area contributed by atoms with Crippen LogP contribution in [0.5, 0.6) is 0 Å². The fourth-order valence-electron chi connectivity index (χ4n) is 0.704. The number of carboxylic acids is 1. The summed E-state index contributed by atoms with van der Waals surface area (Å²) in [7, 11) is 0. The Hall–Kier alpha value is -1.57. The molecule has 0 saturated carbocycles. The van der Waals surface area contributed by atoms with Crippen LogP contribution in [0.1, 0.15) is 6.92 Å². The van der Waals surface area contributed by atoms with Crippen molar-refractivity contribution in [2.45, 2.75) is 25.7 Å². The minimum Gasteiger partial charge on any atom is -0.475 e. The van der Waals surface area contributed by atoms with E-state index in [1.165, 1.54) is 0 Å². The van der Waals surface area contributed by atoms with Crippen molar-refractivity contribution < 1.29 is 23.1 Å². The highest BCUT2D eigenvalue weighted by Gasteiger charge is 2.38. The number of hydrogen-bond donors (Lipinski definition) is 2. The van der Waals surface area contributed by atoms with Gasteiger partial charge in [-0.05, 0) is 13.0 Å². The van der Waals surface area contributed by atoms with Gasteiger partial charge in [-0.25, -0.2) is 4.79 Å². The van der Waals surface area contributed by atoms with Crippen LogP contribution in [-0.4, -0.2) is 33.1 Å². The summed E-state index contributed by atoms with van der Waals surface area (Å²) in [6, 6.07) is 2.08. The monoisotopic (exact) mass is 239 g/mol. The van der Waals surface area contributed by atoms with Gasteiger partial charge in [-0.2, -0.15) is 18.3 Å². The Morgan fingerprint density at radius 1 is 1.62 bits per heavy atom. The molecule has 0 amide bonds. The van der Waals surface area contributed by atoms with Crippen molar-refractivity contribution in [3.8, 4) is 0 Å². The van der Waals surface area contributed by atoms with E-state index in [2.05, 4.69) is 5.10 Å². The summed E-state index contributed by atoms with van der Waals surface area (Å²) < 4.78 is 33.6. The highest BCUT2D eigenvalue weighted by molar-refractivity contribution is 5.73. The summed E-state index contributed by atoms with van der Waals surface area (Å²) in [5.74, 6) is -2.76. The molecule has 0 aromatic carbocycles. The smallest absolute Gasteiger partial charge is 0.475 e. The number of nitrogens with two attached hydrogens (primary N) is 1. The van der Waals surface area contributed by atoms with Gasteiger partial charge in [0.1, 0.15) is 0 Å². The highest BCUT2D eigenvalue weighted by Crippen LogP contribution is 2.13. The van der Waals surface area contributed by atoms with Crippen molar-refractivity contribution in [1.82, 2.24) is 9.78 Å². The molecule has 1 atom stereocenters. The van der Waals surface area contributed by atoms with Crippen molar-refractivity contribution in [1.29, 1.82) is 0 Å². The van der Waals surface area contributed by atoms with Gasteiger partial charge < -0.3 is 10.8 Å². The maximum atomic E-state index is 10.6. The summed E-state index contributed by atoms with van der Waals surface area (Å²) in [4.78, 5) is 8.90. The van der Waals surface area contributed by atoms with Gasteiger partial charge in [0.15, 0.2) is 0 Å². The Balaban J connectivity index is 0.000000293. The molecule has 8 heteroatoms. The molecule has 92 valence electrons. The lowest BCUT2D eigenvalue weighted by Crippen LogP contribution is -2.22. The van der Waals surface area contributed by atoms with Gasteiger partial charge in [0.25, 0.3) is 0 Å². The minimum atomic E-state index is -5.08. The topological polar surface area (TPSA) is 81.1 Å². The number of halogens is 3. The van der Waals surface area contributed by atoms with E-state index < -0.39 is 12.1 Å². The lowest BCUT2D eigenvalue weighted by atomic mass is 10.4. The Morgan fingerprint density at radius 3 is 2.38 bits per heavy atom. The third-order valence-corrected chi connectivity index (χ3v) is 1.28. The number of rotatable bonds is 2. The summed E-state index contributed by atoms with van der Waals surface area (Å²) in [5.41, 5.74) is 5.52. The van der Waals surface area contributed by atoms with Gasteiger partial charge in [0, 0.05) is 18.4 Å². The van der Waals surface area contributed by atoms with Gasteiger partial charge >= 0.3 is 12.1 Å². The van der Waals surface area contributed by atoms with E-state index >= 15 is 0 Å². The average Bonchev–Trinajstić information content (AvgIpc) is 2.54. The van der Waals surface area contributed by atoms with Gasteiger partial charge in [-0.1, -0.05) is 0 Å². The molecule has 1 aromatic rings. The third-order valence-electron chi connectivity index (χ3n) is 1.28. The van der Waals surface area contributed by atoms with Crippen molar-refractivity contribution in [2.75, 3.05) is 0 Å². The predicted octanol–water partition coefficient (Wildman–Crippen LogP) is 0.864. The maximum absolute atomic E-state index is 10.6. The molecule has 16 heavy (non-hydrogen) atoms. The van der Waals surface area contributed by atoms with Crippen LogP contribution in [-0.2, 0) is 11.3 Å². The van der Waals surface area contributed by atoms with Gasteiger partial charge in [0.2, 0.25) is 0 Å². The van der Waals surface area contributed by atoms with E-state index in [-0.39, 0.29) is 6.04 Å². The van der Waals surface area contributed by atoms with E-state index in [9.17, 15) is 13.2 Å². The fourth-order valence-corrected chi connectivity index (χ4v) is 0.704. The molecule has 3 N–H and O–H groups in total. The van der Waals surface area contributed by atoms with E-state index in [1.54, 1.807) is 6.20 Å². The van der Waals surface area contributed by atoms with Gasteiger partial charge in [-0.3, -0.25) is 4.68 Å². The molecule has 0 aliphatic heterocycles. The summed E-state index contributed by atoms with van der Waals surface area (Å²) in [5, 5.41) is 11.1. The molecule has 0 fully saturated rings. The lowest BCUT2D eigenvalue weighted by molar-refractivity contribution is -0.192. The van der Waals surface area contributed by atoms with Crippen LogP contribution in [0.25, 0.3) is 0 Å². The lowest BCUT2D eigenvalue weighted by Gasteiger charge is -2.02. The second-order valence-electron chi connectivity index (χ2n) is 3.01. The fraction of sp³-hybridized carbons (Fsp3) is 0.500. The number of hydrogen-bond acceptors (Lipinski definition) is 3. The number of alkyl halides is 3. The van der Waals surface area contributed by atoms with Crippen LogP contribution in [0.4, 0.5) is 13.2 Å². The molecule has 0 saturated heterocycles. The number of aromatic nitrogens is 2. The second-order valence-corrected chi connectivity index (χ2v) is 3.01. The molecule has 0 bridgehead atoms. The highest BCUT2D eigenvalue weighted by atomic mass is 19.4. The molecule has 0 spiro atoms. The van der Waals surface area contributed by atoms with Gasteiger partial charge in [-0.15, -0.1) is 0 Å². The van der Waals surface area contributed by atoms with Crippen LogP contribution in [0.2, 0.25) is 0 Å². The van der Waals surface area contributed by atoms with Crippen LogP contribution in [0, 0.1) is 0 Å². The van der Waals surface area contributed by atoms with Crippen LogP contribution >= 0.6 is 0 Å². The van der Waals surface area contributed by atoms with Crippen molar-refractivity contribution >= 4 is 5.97 Å². The largest absolute Gasteiger partial charge is 0.490 e. The van der Waals surface area contributed by atoms with Gasteiger partial charge in [0.05, 0.1) is 6.54 Å². The van der Waals surface area contributed by atoms with Crippen molar-refractivity contribution in [3.63, 3.8) is 0 Å². The van der Waals surface area contributed by atoms with Crippen molar-refractivity contribution in [2.24, 2.45) is 5.73 Å². The molecular weight excluding hydrogens is 227 g/mol. The van der Waals surface area contributed by atoms with E-state index in [0.717, 1.165) is 6.54 Å². The van der Waals surface area contributed by atoms with E-state index in [0.29, 0.717) is 0 Å². The predicted molar refractivity (Wildman–Crippen MR) is 49.6 cm³/mol. The average molecular weight is 239 g/mol. The zero-order valence-electron chi connectivity index (χ0n) is 8.48. The first-order valence-corrected chi connectivity index (χ1v) is 4.26. The zero-order chi connectivity index (χ0) is 12.8. The third kappa shape index (κ3) is 6.82. The number of nitrogens with zero attached hydrogens (tertiary/aromatic N) is 2. The molecular formula is C8H12F3N3O2. The normalized spacial score (nSPS) is 12.6. The molecule has 1 aromatic heterocycles. The summed E-state index contributed by atoms with van der Waals surface area (Å²) in [6.45, 7) is 2.76. The Morgan fingerprint density at radius 2 is 2.12 bits per heavy atom. The van der Waals surface area contributed by atoms with Crippen LogP contribution < -0.4 is 5.73 Å². The maximum Gasteiger partial charge on any atom is 0.490 e. The van der Waals surface area contributed by atoms with Crippen LogP contribution in [0.3, 0.4) is 0 Å². The Labute approximate surface area is 89.7 Å². The number of carboxylic acid groups (broad SMARTS) is 1. The summed E-state index contributed by atoms with van der Waals surface area (Å²) in [6.07, 6.45) is -1.42. The van der Waals surface area contributed by atoms with Crippen LogP contribution in [0.15, 0.2) is 18.5 Å². The van der Waals surface area contributed by atoms with Crippen molar-refractivity contribution in [3.05, 3.63) is 18.5 Å². The molecule has 0 aliphatic carbocycles. The molecule has 0 radical (unpaired) electrons. The molecule has 0 aliphatic rings. The standard InChI is InChI=1S/C6H11N3.C2HF3O2/c1-6(7)5-9-4-2-3-8-9;3-2(4,5)1(6)7/h2-4,6H,5,7H2,1H3;(H,6,7)/t6-;/m1./s1. The number of carbonyl (C=O) groups is 1. The first kappa shape index (κ1) is 14.4. The van der Waals surface area contributed by atoms with E-state index in [1.807, 2.05) is 23.9 Å². The Bertz CT molecular complexity index is 309. The second kappa shape index (κ2) is 6.11.